The number of carbonyl (C=O) groups excluding carboxylic acids is 3. The van der Waals surface area contributed by atoms with Crippen molar-refractivity contribution in [3.63, 3.8) is 0 Å². The van der Waals surface area contributed by atoms with Crippen LogP contribution in [-0.2, 0) is 22.4 Å². The molecule has 3 N–H and O–H groups in total. The maximum atomic E-state index is 13.6. The third-order valence-corrected chi connectivity index (χ3v) is 6.50. The Labute approximate surface area is 205 Å². The van der Waals surface area contributed by atoms with E-state index in [4.69, 9.17) is 4.74 Å². The lowest BCUT2D eigenvalue weighted by atomic mass is 9.77. The van der Waals surface area contributed by atoms with E-state index in [9.17, 15) is 29.7 Å². The molecule has 1 aliphatic carbocycles. The molecule has 3 unspecified atom stereocenters. The van der Waals surface area contributed by atoms with E-state index in [0.29, 0.717) is 17.4 Å². The Bertz CT molecular complexity index is 1180. The quantitative estimate of drug-likeness (QED) is 0.291. The van der Waals surface area contributed by atoms with Gasteiger partial charge in [-0.1, -0.05) is 36.0 Å². The average Bonchev–Trinajstić information content (AvgIpc) is 2.80. The van der Waals surface area contributed by atoms with E-state index in [-0.39, 0.29) is 71.0 Å². The Morgan fingerprint density at radius 3 is 2.43 bits per heavy atom. The SMILES string of the molecule is C=C(C)C(O)Cc1c(O)c(CC=C(C)C)c(O)c2c1OC1C(=CCC(=O)C1C/C=C(\C)C=O)C2=O. The Kier molecular flexibility index (Phi) is 7.80. The van der Waals surface area contributed by atoms with Gasteiger partial charge >= 0.3 is 0 Å². The van der Waals surface area contributed by atoms with E-state index in [1.165, 1.54) is 6.08 Å². The highest BCUT2D eigenvalue weighted by Gasteiger charge is 2.45. The number of phenols is 2. The summed E-state index contributed by atoms with van der Waals surface area (Å²) in [6.07, 6.45) is 4.03. The molecule has 1 aromatic rings. The highest BCUT2D eigenvalue weighted by Crippen LogP contribution is 2.49. The number of ketones is 2. The molecule has 1 aliphatic heterocycles. The molecule has 0 saturated heterocycles. The summed E-state index contributed by atoms with van der Waals surface area (Å²) in [5.74, 6) is -2.01. The first kappa shape index (κ1) is 26.2. The smallest absolute Gasteiger partial charge is 0.199 e. The van der Waals surface area contributed by atoms with Gasteiger partial charge in [0.1, 0.15) is 41.0 Å². The number of benzene rings is 1. The lowest BCUT2D eigenvalue weighted by molar-refractivity contribution is -0.124. The van der Waals surface area contributed by atoms with E-state index in [2.05, 4.69) is 6.58 Å². The minimum atomic E-state index is -1.02. The van der Waals surface area contributed by atoms with Gasteiger partial charge in [0, 0.05) is 29.5 Å². The number of aldehydes is 1. The zero-order valence-electron chi connectivity index (χ0n) is 20.6. The number of fused-ring (bicyclic) bond motifs is 2. The first-order valence-electron chi connectivity index (χ1n) is 11.6. The molecule has 3 atom stereocenters. The lowest BCUT2D eigenvalue weighted by Gasteiger charge is -2.37. The molecule has 7 nitrogen and oxygen atoms in total. The van der Waals surface area contributed by atoms with Crippen molar-refractivity contribution in [1.29, 1.82) is 0 Å². The normalized spacial score (nSPS) is 20.3. The maximum absolute atomic E-state index is 13.6. The Hall–Kier alpha value is -3.45. The molecule has 3 rings (SSSR count). The van der Waals surface area contributed by atoms with Crippen molar-refractivity contribution in [2.45, 2.75) is 65.6 Å². The number of carbonyl (C=O) groups is 3. The number of rotatable bonds is 8. The van der Waals surface area contributed by atoms with Crippen molar-refractivity contribution >= 4 is 17.9 Å². The summed E-state index contributed by atoms with van der Waals surface area (Å²) in [4.78, 5) is 37.4. The number of aromatic hydroxyl groups is 2. The highest BCUT2D eigenvalue weighted by atomic mass is 16.5. The van der Waals surface area contributed by atoms with Crippen molar-refractivity contribution in [3.05, 3.63) is 63.8 Å². The molecular weight excluding hydrogens is 448 g/mol. The van der Waals surface area contributed by atoms with Gasteiger partial charge < -0.3 is 20.1 Å². The van der Waals surface area contributed by atoms with Gasteiger partial charge in [0.15, 0.2) is 5.78 Å². The van der Waals surface area contributed by atoms with Gasteiger partial charge in [-0.2, -0.15) is 0 Å². The van der Waals surface area contributed by atoms with Crippen LogP contribution in [0.4, 0.5) is 0 Å². The zero-order valence-corrected chi connectivity index (χ0v) is 20.6. The molecule has 0 amide bonds. The Morgan fingerprint density at radius 2 is 1.83 bits per heavy atom. The van der Waals surface area contributed by atoms with Crippen LogP contribution in [0.15, 0.2) is 47.1 Å². The summed E-state index contributed by atoms with van der Waals surface area (Å²) in [6.45, 7) is 10.8. The molecule has 1 aromatic carbocycles. The topological polar surface area (TPSA) is 121 Å². The molecule has 186 valence electrons. The molecule has 0 radical (unpaired) electrons. The minimum absolute atomic E-state index is 0.0378. The van der Waals surface area contributed by atoms with Gasteiger partial charge in [0.25, 0.3) is 0 Å². The first-order valence-corrected chi connectivity index (χ1v) is 11.6. The van der Waals surface area contributed by atoms with Crippen molar-refractivity contribution in [3.8, 4) is 17.2 Å². The van der Waals surface area contributed by atoms with Crippen LogP contribution in [0.1, 0.15) is 62.0 Å². The van der Waals surface area contributed by atoms with Gasteiger partial charge in [-0.25, -0.2) is 0 Å². The summed E-state index contributed by atoms with van der Waals surface area (Å²) in [5, 5.41) is 32.7. The third kappa shape index (κ3) is 5.15. The zero-order chi connectivity index (χ0) is 26.0. The summed E-state index contributed by atoms with van der Waals surface area (Å²) in [7, 11) is 0. The highest BCUT2D eigenvalue weighted by molar-refractivity contribution is 6.16. The second-order valence-electron chi connectivity index (χ2n) is 9.52. The fourth-order valence-corrected chi connectivity index (χ4v) is 4.33. The molecule has 35 heavy (non-hydrogen) atoms. The van der Waals surface area contributed by atoms with Crippen LogP contribution in [0.25, 0.3) is 0 Å². The molecule has 0 saturated carbocycles. The number of ether oxygens (including phenoxy) is 1. The largest absolute Gasteiger partial charge is 0.507 e. The number of Topliss-reactive ketones (excluding diaryl/α,β-unsaturated/α-hetero) is 2. The van der Waals surface area contributed by atoms with E-state index in [0.717, 1.165) is 5.57 Å². The fourth-order valence-electron chi connectivity index (χ4n) is 4.33. The van der Waals surface area contributed by atoms with E-state index >= 15 is 0 Å². The Morgan fingerprint density at radius 1 is 1.14 bits per heavy atom. The van der Waals surface area contributed by atoms with Crippen molar-refractivity contribution in [2.75, 3.05) is 0 Å². The number of aliphatic hydroxyl groups is 1. The van der Waals surface area contributed by atoms with Gasteiger partial charge in [-0.3, -0.25) is 14.4 Å². The van der Waals surface area contributed by atoms with Crippen molar-refractivity contribution < 1.29 is 34.4 Å². The number of hydrogen-bond donors (Lipinski definition) is 3. The second kappa shape index (κ2) is 10.4. The molecule has 0 fully saturated rings. The summed E-state index contributed by atoms with van der Waals surface area (Å²) < 4.78 is 6.21. The average molecular weight is 481 g/mol. The molecule has 0 aromatic heterocycles. The van der Waals surface area contributed by atoms with Crippen LogP contribution < -0.4 is 4.74 Å². The molecule has 0 bridgehead atoms. The minimum Gasteiger partial charge on any atom is -0.507 e. The number of hydrogen-bond acceptors (Lipinski definition) is 7. The van der Waals surface area contributed by atoms with Crippen LogP contribution in [0.5, 0.6) is 17.2 Å². The van der Waals surface area contributed by atoms with Crippen LogP contribution >= 0.6 is 0 Å². The molecule has 2 aliphatic rings. The van der Waals surface area contributed by atoms with E-state index in [1.54, 1.807) is 19.9 Å². The number of allylic oxidation sites excluding steroid dienone is 5. The molecular formula is C28H32O7. The van der Waals surface area contributed by atoms with Crippen LogP contribution in [0.2, 0.25) is 0 Å². The Balaban J connectivity index is 2.21. The predicted molar refractivity (Wildman–Crippen MR) is 132 cm³/mol. The van der Waals surface area contributed by atoms with Crippen molar-refractivity contribution in [2.24, 2.45) is 5.92 Å². The summed E-state index contributed by atoms with van der Waals surface area (Å²) >= 11 is 0. The van der Waals surface area contributed by atoms with Gasteiger partial charge in [-0.15, -0.1) is 0 Å². The summed E-state index contributed by atoms with van der Waals surface area (Å²) in [5.41, 5.74) is 2.40. The fraction of sp³-hybridized carbons (Fsp3) is 0.393. The summed E-state index contributed by atoms with van der Waals surface area (Å²) in [6, 6.07) is 0. The second-order valence-corrected chi connectivity index (χ2v) is 9.52. The molecule has 0 spiro atoms. The first-order chi connectivity index (χ1) is 16.5. The molecule has 7 heteroatoms. The van der Waals surface area contributed by atoms with E-state index in [1.807, 2.05) is 19.9 Å². The van der Waals surface area contributed by atoms with Crippen LogP contribution in [0.3, 0.4) is 0 Å². The predicted octanol–water partition coefficient (Wildman–Crippen LogP) is 4.08. The van der Waals surface area contributed by atoms with Gasteiger partial charge in [-0.05, 0) is 46.1 Å². The van der Waals surface area contributed by atoms with Gasteiger partial charge in [0.2, 0.25) is 0 Å². The monoisotopic (exact) mass is 480 g/mol. The van der Waals surface area contributed by atoms with Gasteiger partial charge in [0.05, 0.1) is 12.0 Å². The standard InChI is InChI=1S/C28H32O7/c1-14(2)6-8-18-24(32)20(12-22(31)15(3)4)28-23(25(18)33)26(34)19-10-11-21(30)17(27(19)35-28)9-7-16(5)13-29/h6-7,10,13,17,22,27,31-33H,3,8-9,11-12H2,1-2,4-5H3/b16-7+. The lowest BCUT2D eigenvalue weighted by Crippen LogP contribution is -2.43. The third-order valence-electron chi connectivity index (χ3n) is 6.50. The van der Waals surface area contributed by atoms with Crippen molar-refractivity contribution in [1.82, 2.24) is 0 Å². The number of phenolic OH excluding ortho intramolecular Hbond substituents is 2. The maximum Gasteiger partial charge on any atom is 0.199 e. The molecule has 1 heterocycles. The number of aliphatic hydroxyl groups excluding tert-OH is 1. The van der Waals surface area contributed by atoms with Crippen LogP contribution in [0, 0.1) is 5.92 Å². The van der Waals surface area contributed by atoms with Crippen LogP contribution in [-0.4, -0.2) is 45.4 Å². The van der Waals surface area contributed by atoms with E-state index < -0.39 is 23.9 Å².